The molecule has 1 atom stereocenters. The van der Waals surface area contributed by atoms with Gasteiger partial charge in [-0.25, -0.2) is 0 Å². The zero-order chi connectivity index (χ0) is 14.5. The van der Waals surface area contributed by atoms with E-state index < -0.39 is 0 Å². The average Bonchev–Trinajstić information content (AvgIpc) is 2.53. The van der Waals surface area contributed by atoms with Crippen LogP contribution in [0.1, 0.15) is 23.2 Å². The summed E-state index contributed by atoms with van der Waals surface area (Å²) in [6.07, 6.45) is 1.73. The van der Waals surface area contributed by atoms with E-state index in [-0.39, 0.29) is 11.8 Å². The van der Waals surface area contributed by atoms with Crippen LogP contribution < -0.4 is 9.47 Å². The standard InChI is InChI=1S/C15H18N2O3/c1-19-13-6-12(7-14(8-13)20-2)15(18)17-5-3-4-11(9-16)10-17/h6-8,11H,3-5,10H2,1-2H3. The smallest absolute Gasteiger partial charge is 0.254 e. The van der Waals surface area contributed by atoms with Crippen molar-refractivity contribution in [1.29, 1.82) is 5.26 Å². The largest absolute Gasteiger partial charge is 0.497 e. The third-order valence-corrected chi connectivity index (χ3v) is 3.49. The zero-order valence-electron chi connectivity index (χ0n) is 11.8. The summed E-state index contributed by atoms with van der Waals surface area (Å²) in [6.45, 7) is 1.19. The molecule has 1 aliphatic heterocycles. The highest BCUT2D eigenvalue weighted by Crippen LogP contribution is 2.25. The highest BCUT2D eigenvalue weighted by Gasteiger charge is 2.24. The molecule has 0 saturated carbocycles. The van der Waals surface area contributed by atoms with E-state index in [1.54, 1.807) is 37.3 Å². The monoisotopic (exact) mass is 274 g/mol. The maximum Gasteiger partial charge on any atom is 0.254 e. The minimum Gasteiger partial charge on any atom is -0.497 e. The maximum absolute atomic E-state index is 12.5. The van der Waals surface area contributed by atoms with E-state index in [4.69, 9.17) is 14.7 Å². The molecule has 0 bridgehead atoms. The Kier molecular flexibility index (Phi) is 4.46. The molecule has 0 radical (unpaired) electrons. The Morgan fingerprint density at radius 1 is 1.30 bits per heavy atom. The Hall–Kier alpha value is -2.22. The Morgan fingerprint density at radius 2 is 1.95 bits per heavy atom. The fourth-order valence-corrected chi connectivity index (χ4v) is 2.38. The summed E-state index contributed by atoms with van der Waals surface area (Å²) in [5.41, 5.74) is 0.528. The van der Waals surface area contributed by atoms with Crippen molar-refractivity contribution in [3.63, 3.8) is 0 Å². The first-order valence-electron chi connectivity index (χ1n) is 6.60. The van der Waals surface area contributed by atoms with E-state index in [0.717, 1.165) is 12.8 Å². The van der Waals surface area contributed by atoms with Crippen LogP contribution >= 0.6 is 0 Å². The van der Waals surface area contributed by atoms with Gasteiger partial charge in [-0.05, 0) is 25.0 Å². The molecule has 1 amide bonds. The topological polar surface area (TPSA) is 62.6 Å². The van der Waals surface area contributed by atoms with Crippen LogP contribution in [-0.4, -0.2) is 38.1 Å². The first-order chi connectivity index (χ1) is 9.67. The second kappa shape index (κ2) is 6.29. The lowest BCUT2D eigenvalue weighted by atomic mass is 9.99. The van der Waals surface area contributed by atoms with Crippen LogP contribution in [0.3, 0.4) is 0 Å². The van der Waals surface area contributed by atoms with Gasteiger partial charge in [-0.1, -0.05) is 0 Å². The highest BCUT2D eigenvalue weighted by atomic mass is 16.5. The molecule has 20 heavy (non-hydrogen) atoms. The summed E-state index contributed by atoms with van der Waals surface area (Å²) in [5, 5.41) is 9.00. The molecular formula is C15H18N2O3. The summed E-state index contributed by atoms with van der Waals surface area (Å²) in [7, 11) is 3.10. The van der Waals surface area contributed by atoms with E-state index in [0.29, 0.717) is 30.2 Å². The number of nitriles is 1. The van der Waals surface area contributed by atoms with E-state index in [1.165, 1.54) is 0 Å². The van der Waals surface area contributed by atoms with Crippen molar-refractivity contribution in [1.82, 2.24) is 4.90 Å². The molecular weight excluding hydrogens is 256 g/mol. The summed E-state index contributed by atoms with van der Waals surface area (Å²) < 4.78 is 10.3. The van der Waals surface area contributed by atoms with Crippen molar-refractivity contribution >= 4 is 5.91 Å². The zero-order valence-corrected chi connectivity index (χ0v) is 11.8. The van der Waals surface area contributed by atoms with Crippen LogP contribution in [0, 0.1) is 17.2 Å². The van der Waals surface area contributed by atoms with E-state index in [1.807, 2.05) is 0 Å². The van der Waals surface area contributed by atoms with Crippen molar-refractivity contribution in [2.75, 3.05) is 27.3 Å². The Balaban J connectivity index is 2.22. The fourth-order valence-electron chi connectivity index (χ4n) is 2.38. The van der Waals surface area contributed by atoms with Gasteiger partial charge in [-0.3, -0.25) is 4.79 Å². The van der Waals surface area contributed by atoms with E-state index in [2.05, 4.69) is 6.07 Å². The van der Waals surface area contributed by atoms with Crippen molar-refractivity contribution in [2.24, 2.45) is 5.92 Å². The lowest BCUT2D eigenvalue weighted by Crippen LogP contribution is -2.39. The van der Waals surface area contributed by atoms with Gasteiger partial charge in [0.05, 0.1) is 26.2 Å². The molecule has 1 saturated heterocycles. The lowest BCUT2D eigenvalue weighted by Gasteiger charge is -2.29. The molecule has 0 aromatic heterocycles. The molecule has 2 rings (SSSR count). The molecule has 5 nitrogen and oxygen atoms in total. The van der Waals surface area contributed by atoms with Gasteiger partial charge < -0.3 is 14.4 Å². The van der Waals surface area contributed by atoms with Crippen LogP contribution in [0.2, 0.25) is 0 Å². The summed E-state index contributed by atoms with van der Waals surface area (Å²) in [6, 6.07) is 7.36. The van der Waals surface area contributed by atoms with Gasteiger partial charge in [0.2, 0.25) is 0 Å². The number of piperidine rings is 1. The predicted octanol–water partition coefficient (Wildman–Crippen LogP) is 2.08. The quantitative estimate of drug-likeness (QED) is 0.846. The van der Waals surface area contributed by atoms with Crippen LogP contribution in [0.25, 0.3) is 0 Å². The molecule has 106 valence electrons. The predicted molar refractivity (Wildman–Crippen MR) is 73.8 cm³/mol. The number of methoxy groups -OCH3 is 2. The van der Waals surface area contributed by atoms with E-state index >= 15 is 0 Å². The molecule has 1 aromatic carbocycles. The van der Waals surface area contributed by atoms with E-state index in [9.17, 15) is 4.79 Å². The normalized spacial score (nSPS) is 18.2. The van der Waals surface area contributed by atoms with Gasteiger partial charge >= 0.3 is 0 Å². The summed E-state index contributed by atoms with van der Waals surface area (Å²) in [5.74, 6) is 1.02. The number of ether oxygens (including phenoxy) is 2. The first kappa shape index (κ1) is 14.2. The Labute approximate surface area is 118 Å². The minimum atomic E-state index is -0.0813. The molecule has 0 spiro atoms. The summed E-state index contributed by atoms with van der Waals surface area (Å²) in [4.78, 5) is 14.2. The number of benzene rings is 1. The van der Waals surface area contributed by atoms with Gasteiger partial charge in [0, 0.05) is 24.7 Å². The lowest BCUT2D eigenvalue weighted by molar-refractivity contribution is 0.0698. The van der Waals surface area contributed by atoms with Crippen LogP contribution in [0.5, 0.6) is 11.5 Å². The molecule has 0 N–H and O–H groups in total. The van der Waals surface area contributed by atoms with Crippen LogP contribution in [-0.2, 0) is 0 Å². The SMILES string of the molecule is COc1cc(OC)cc(C(=O)N2CCCC(C#N)C2)c1. The number of carbonyl (C=O) groups excluding carboxylic acids is 1. The number of hydrogen-bond acceptors (Lipinski definition) is 4. The van der Waals surface area contributed by atoms with Gasteiger partial charge in [0.25, 0.3) is 5.91 Å². The molecule has 1 heterocycles. The molecule has 1 aromatic rings. The summed E-state index contributed by atoms with van der Waals surface area (Å²) >= 11 is 0. The van der Waals surface area contributed by atoms with Crippen molar-refractivity contribution < 1.29 is 14.3 Å². The molecule has 1 unspecified atom stereocenters. The number of rotatable bonds is 3. The van der Waals surface area contributed by atoms with Gasteiger partial charge in [-0.2, -0.15) is 5.26 Å². The van der Waals surface area contributed by atoms with Crippen LogP contribution in [0.4, 0.5) is 0 Å². The molecule has 5 heteroatoms. The highest BCUT2D eigenvalue weighted by molar-refractivity contribution is 5.95. The third-order valence-electron chi connectivity index (χ3n) is 3.49. The van der Waals surface area contributed by atoms with Crippen molar-refractivity contribution in [2.45, 2.75) is 12.8 Å². The van der Waals surface area contributed by atoms with Crippen molar-refractivity contribution in [3.8, 4) is 17.6 Å². The second-order valence-electron chi connectivity index (χ2n) is 4.82. The molecule has 1 fully saturated rings. The number of nitrogens with zero attached hydrogens (tertiary/aromatic N) is 2. The van der Waals surface area contributed by atoms with Crippen LogP contribution in [0.15, 0.2) is 18.2 Å². The Bertz CT molecular complexity index is 514. The third kappa shape index (κ3) is 3.02. The van der Waals surface area contributed by atoms with Crippen molar-refractivity contribution in [3.05, 3.63) is 23.8 Å². The molecule has 0 aliphatic carbocycles. The second-order valence-corrected chi connectivity index (χ2v) is 4.82. The minimum absolute atomic E-state index is 0.0693. The first-order valence-corrected chi connectivity index (χ1v) is 6.60. The number of carbonyl (C=O) groups is 1. The molecule has 1 aliphatic rings. The average molecular weight is 274 g/mol. The number of likely N-dealkylation sites (tertiary alicyclic amines) is 1. The van der Waals surface area contributed by atoms with Gasteiger partial charge in [-0.15, -0.1) is 0 Å². The number of hydrogen-bond donors (Lipinski definition) is 0. The fraction of sp³-hybridized carbons (Fsp3) is 0.467. The van der Waals surface area contributed by atoms with Gasteiger partial charge in [0.1, 0.15) is 11.5 Å². The Morgan fingerprint density at radius 3 is 2.50 bits per heavy atom. The number of amides is 1. The van der Waals surface area contributed by atoms with Gasteiger partial charge in [0.15, 0.2) is 0 Å². The maximum atomic E-state index is 12.5.